The zero-order valence-electron chi connectivity index (χ0n) is 25.8. The van der Waals surface area contributed by atoms with Crippen molar-refractivity contribution in [3.8, 4) is 22.9 Å². The number of aromatic nitrogens is 1. The molecule has 3 aromatic carbocycles. The van der Waals surface area contributed by atoms with E-state index >= 15 is 4.39 Å². The summed E-state index contributed by atoms with van der Waals surface area (Å²) in [5, 5.41) is 3.48. The monoisotopic (exact) mass is 609 g/mol. The molecule has 45 heavy (non-hydrogen) atoms. The van der Waals surface area contributed by atoms with Crippen LogP contribution < -0.4 is 19.7 Å². The number of nitrogens with zero attached hydrogens (tertiary/aromatic N) is 2. The number of furan rings is 1. The molecule has 1 saturated heterocycles. The lowest BCUT2D eigenvalue weighted by Gasteiger charge is -2.41. The molecule has 1 aliphatic rings. The minimum atomic E-state index is -0.588. The van der Waals surface area contributed by atoms with Crippen molar-refractivity contribution >= 4 is 22.7 Å². The number of benzene rings is 3. The lowest BCUT2D eigenvalue weighted by Crippen LogP contribution is -2.60. The van der Waals surface area contributed by atoms with Crippen LogP contribution in [0, 0.1) is 12.7 Å². The number of hydrogen-bond acceptors (Lipinski definition) is 7. The Labute approximate surface area is 261 Å². The minimum absolute atomic E-state index is 0.126. The van der Waals surface area contributed by atoms with Crippen LogP contribution in [-0.4, -0.2) is 35.8 Å². The fraction of sp³-hybridized carbons (Fsp3) is 0.278. The van der Waals surface area contributed by atoms with E-state index in [1.807, 2.05) is 99.3 Å². The number of rotatable bonds is 9. The number of aryl methyl sites for hydroxylation is 1. The van der Waals surface area contributed by atoms with Crippen LogP contribution in [0.3, 0.4) is 0 Å². The summed E-state index contributed by atoms with van der Waals surface area (Å²) in [7, 11) is 0. The van der Waals surface area contributed by atoms with E-state index in [-0.39, 0.29) is 18.5 Å². The number of anilines is 1. The predicted molar refractivity (Wildman–Crippen MR) is 171 cm³/mol. The third kappa shape index (κ3) is 7.03. The first kappa shape index (κ1) is 30.0. The number of halogens is 1. The van der Waals surface area contributed by atoms with E-state index in [1.54, 1.807) is 12.1 Å². The minimum Gasteiger partial charge on any atom is -0.473 e. The van der Waals surface area contributed by atoms with E-state index in [0.717, 1.165) is 11.1 Å². The van der Waals surface area contributed by atoms with E-state index in [2.05, 4.69) is 10.3 Å². The molecule has 8 nitrogen and oxygen atoms in total. The van der Waals surface area contributed by atoms with Gasteiger partial charge in [0.2, 0.25) is 11.8 Å². The summed E-state index contributed by atoms with van der Waals surface area (Å²) < 4.78 is 39.9. The maximum Gasteiger partial charge on any atom is 0.407 e. The number of nitrogens with one attached hydrogen (secondary N) is 1. The molecule has 1 aliphatic heterocycles. The molecule has 0 unspecified atom stereocenters. The second-order valence-electron chi connectivity index (χ2n) is 12.2. The Bertz CT molecular complexity index is 1800. The first-order valence-corrected chi connectivity index (χ1v) is 14.9. The maximum absolute atomic E-state index is 16.2. The van der Waals surface area contributed by atoms with E-state index < -0.39 is 17.5 Å². The van der Waals surface area contributed by atoms with Crippen molar-refractivity contribution in [1.82, 2.24) is 10.3 Å². The molecule has 1 N–H and O–H groups in total. The van der Waals surface area contributed by atoms with Gasteiger partial charge in [0.1, 0.15) is 30.4 Å². The van der Waals surface area contributed by atoms with Crippen molar-refractivity contribution in [3.63, 3.8) is 0 Å². The quantitative estimate of drug-likeness (QED) is 0.182. The highest BCUT2D eigenvalue weighted by Crippen LogP contribution is 2.43. The summed E-state index contributed by atoms with van der Waals surface area (Å²) in [4.78, 5) is 18.9. The van der Waals surface area contributed by atoms with Gasteiger partial charge in [0.25, 0.3) is 0 Å². The van der Waals surface area contributed by atoms with Crippen LogP contribution in [0.25, 0.3) is 22.1 Å². The van der Waals surface area contributed by atoms with Gasteiger partial charge in [-0.15, -0.1) is 0 Å². The summed E-state index contributed by atoms with van der Waals surface area (Å²) >= 11 is 0. The second kappa shape index (κ2) is 12.5. The molecule has 2 aromatic heterocycles. The van der Waals surface area contributed by atoms with Crippen molar-refractivity contribution in [1.29, 1.82) is 0 Å². The first-order valence-electron chi connectivity index (χ1n) is 14.9. The van der Waals surface area contributed by atoms with Gasteiger partial charge in [0.15, 0.2) is 5.58 Å². The van der Waals surface area contributed by atoms with Crippen LogP contribution in [0.1, 0.15) is 37.7 Å². The van der Waals surface area contributed by atoms with E-state index in [0.29, 0.717) is 59.1 Å². The topological polar surface area (TPSA) is 86.1 Å². The van der Waals surface area contributed by atoms with Gasteiger partial charge < -0.3 is 28.8 Å². The molecule has 0 radical (unpaired) electrons. The van der Waals surface area contributed by atoms with Crippen LogP contribution in [0.2, 0.25) is 0 Å². The van der Waals surface area contributed by atoms with E-state index in [9.17, 15) is 4.79 Å². The van der Waals surface area contributed by atoms with Gasteiger partial charge in [-0.05, 0) is 51.0 Å². The molecule has 232 valence electrons. The van der Waals surface area contributed by atoms with Gasteiger partial charge >= 0.3 is 6.09 Å². The zero-order chi connectivity index (χ0) is 31.6. The number of fused-ring (bicyclic) bond motifs is 1. The lowest BCUT2D eigenvalue weighted by molar-refractivity contribution is 0.0496. The van der Waals surface area contributed by atoms with Crippen molar-refractivity contribution in [3.05, 3.63) is 108 Å². The van der Waals surface area contributed by atoms with Gasteiger partial charge in [-0.1, -0.05) is 60.7 Å². The van der Waals surface area contributed by atoms with Crippen LogP contribution in [0.5, 0.6) is 11.8 Å². The molecule has 5 aromatic rings. The lowest BCUT2D eigenvalue weighted by atomic mass is 9.99. The fourth-order valence-corrected chi connectivity index (χ4v) is 5.29. The third-order valence-corrected chi connectivity index (χ3v) is 7.35. The number of carbonyl (C=O) groups is 1. The van der Waals surface area contributed by atoms with Crippen molar-refractivity contribution in [2.24, 2.45) is 0 Å². The highest BCUT2D eigenvalue weighted by Gasteiger charge is 2.33. The van der Waals surface area contributed by atoms with Gasteiger partial charge in [-0.2, -0.15) is 4.98 Å². The normalized spacial score (nSPS) is 13.4. The van der Waals surface area contributed by atoms with Gasteiger partial charge in [-0.25, -0.2) is 9.18 Å². The largest absolute Gasteiger partial charge is 0.473 e. The molecule has 0 bridgehead atoms. The molecular formula is C36H36FN3O5. The van der Waals surface area contributed by atoms with Crippen molar-refractivity contribution < 1.29 is 27.8 Å². The highest BCUT2D eigenvalue weighted by molar-refractivity contribution is 6.02. The molecule has 0 atom stereocenters. The summed E-state index contributed by atoms with van der Waals surface area (Å²) in [5.74, 6) is 0.823. The molecule has 0 spiro atoms. The number of pyridine rings is 1. The molecule has 3 heterocycles. The maximum atomic E-state index is 16.2. The number of carbonyl (C=O) groups excluding carboxylic acids is 1. The number of hydrogen-bond donors (Lipinski definition) is 1. The Morgan fingerprint density at radius 1 is 0.956 bits per heavy atom. The van der Waals surface area contributed by atoms with Gasteiger partial charge in [0, 0.05) is 41.7 Å². The second-order valence-corrected chi connectivity index (χ2v) is 12.2. The Morgan fingerprint density at radius 2 is 1.60 bits per heavy atom. The Kier molecular flexibility index (Phi) is 8.34. The Morgan fingerprint density at radius 3 is 2.24 bits per heavy atom. The van der Waals surface area contributed by atoms with E-state index in [4.69, 9.17) is 18.6 Å². The summed E-state index contributed by atoms with van der Waals surface area (Å²) in [6, 6.07) is 26.2. The molecule has 0 saturated carbocycles. The molecule has 1 amide bonds. The standard InChI is InChI=1S/C36H36FN3O5/c1-23-17-28-32(29(37)18-30(33(28)44-23)40-19-26(20-40)38-35(41)45-36(2,3)4)27-15-16-31(42-21-24-11-7-5-8-12-24)39-34(27)43-22-25-13-9-6-10-14-25/h5-18,26H,19-22H2,1-4H3,(H,38,41). The molecule has 0 aliphatic carbocycles. The molecular weight excluding hydrogens is 573 g/mol. The van der Waals surface area contributed by atoms with Crippen LogP contribution >= 0.6 is 0 Å². The van der Waals surface area contributed by atoms with Gasteiger partial charge in [-0.3, -0.25) is 0 Å². The number of alkyl carbamates (subject to hydrolysis) is 1. The average molecular weight is 610 g/mol. The van der Waals surface area contributed by atoms with Crippen molar-refractivity contribution in [2.75, 3.05) is 18.0 Å². The van der Waals surface area contributed by atoms with Gasteiger partial charge in [0.05, 0.1) is 11.7 Å². The van der Waals surface area contributed by atoms with Crippen LogP contribution in [0.15, 0.2) is 89.3 Å². The van der Waals surface area contributed by atoms with E-state index in [1.165, 1.54) is 6.07 Å². The molecule has 9 heteroatoms. The Balaban J connectivity index is 1.30. The summed E-state index contributed by atoms with van der Waals surface area (Å²) in [6.45, 7) is 8.85. The van der Waals surface area contributed by atoms with Crippen LogP contribution in [-0.2, 0) is 18.0 Å². The summed E-state index contributed by atoms with van der Waals surface area (Å²) in [6.07, 6.45) is -0.473. The zero-order valence-corrected chi connectivity index (χ0v) is 25.8. The smallest absolute Gasteiger partial charge is 0.407 e. The number of ether oxygens (including phenoxy) is 3. The third-order valence-electron chi connectivity index (χ3n) is 7.35. The SMILES string of the molecule is Cc1cc2c(-c3ccc(OCc4ccccc4)nc3OCc3ccccc3)c(F)cc(N3CC(NC(=O)OC(C)(C)C)C3)c2o1. The van der Waals surface area contributed by atoms with Crippen molar-refractivity contribution in [2.45, 2.75) is 52.6 Å². The Hall–Kier alpha value is -5.05. The van der Waals surface area contributed by atoms with Crippen LogP contribution in [0.4, 0.5) is 14.9 Å². The highest BCUT2D eigenvalue weighted by atomic mass is 19.1. The fourth-order valence-electron chi connectivity index (χ4n) is 5.29. The molecule has 6 rings (SSSR count). The molecule has 1 fully saturated rings. The number of amides is 1. The average Bonchev–Trinajstić information content (AvgIpc) is 3.38. The first-order chi connectivity index (χ1) is 21.6. The predicted octanol–water partition coefficient (Wildman–Crippen LogP) is 7.81. The summed E-state index contributed by atoms with van der Waals surface area (Å²) in [5.41, 5.74) is 3.35.